The summed E-state index contributed by atoms with van der Waals surface area (Å²) in [6.07, 6.45) is 3.12. The number of aromatic amines is 1. The van der Waals surface area contributed by atoms with Gasteiger partial charge in [-0.1, -0.05) is 35.9 Å². The number of hydrogen-bond acceptors (Lipinski definition) is 1. The first kappa shape index (κ1) is 14.6. The predicted molar refractivity (Wildman–Crippen MR) is 92.9 cm³/mol. The molecular formula is C17H16BrClN2. The van der Waals surface area contributed by atoms with Gasteiger partial charge in [0.25, 0.3) is 0 Å². The minimum atomic E-state index is 0.748. The van der Waals surface area contributed by atoms with Crippen LogP contribution in [0.1, 0.15) is 11.1 Å². The minimum Gasteiger partial charge on any atom is -0.361 e. The summed E-state index contributed by atoms with van der Waals surface area (Å²) in [5.74, 6) is 0. The van der Waals surface area contributed by atoms with E-state index >= 15 is 0 Å². The number of aromatic nitrogens is 1. The molecule has 3 rings (SSSR count). The summed E-state index contributed by atoms with van der Waals surface area (Å²) in [6.45, 7) is 1.79. The molecule has 0 bridgehead atoms. The molecular weight excluding hydrogens is 348 g/mol. The monoisotopic (exact) mass is 362 g/mol. The number of para-hydroxylation sites is 1. The van der Waals surface area contributed by atoms with Gasteiger partial charge in [0.05, 0.1) is 5.02 Å². The Labute approximate surface area is 137 Å². The fourth-order valence-corrected chi connectivity index (χ4v) is 2.99. The Hall–Kier alpha value is -1.29. The van der Waals surface area contributed by atoms with Crippen LogP contribution in [0.2, 0.25) is 5.02 Å². The quantitative estimate of drug-likeness (QED) is 0.619. The zero-order valence-electron chi connectivity index (χ0n) is 11.5. The van der Waals surface area contributed by atoms with Gasteiger partial charge in [-0.25, -0.2) is 0 Å². The molecule has 2 aromatic carbocycles. The van der Waals surface area contributed by atoms with E-state index in [-0.39, 0.29) is 0 Å². The van der Waals surface area contributed by atoms with Crippen molar-refractivity contribution in [2.75, 3.05) is 6.54 Å². The van der Waals surface area contributed by atoms with Gasteiger partial charge >= 0.3 is 0 Å². The molecule has 1 heterocycles. The van der Waals surface area contributed by atoms with Crippen LogP contribution >= 0.6 is 27.5 Å². The van der Waals surface area contributed by atoms with E-state index in [4.69, 9.17) is 11.6 Å². The molecule has 0 radical (unpaired) electrons. The Morgan fingerprint density at radius 1 is 1.14 bits per heavy atom. The lowest BCUT2D eigenvalue weighted by atomic mass is 10.1. The fourth-order valence-electron chi connectivity index (χ4n) is 2.44. The van der Waals surface area contributed by atoms with Crippen molar-refractivity contribution in [3.05, 3.63) is 69.3 Å². The molecule has 0 fully saturated rings. The maximum atomic E-state index is 5.99. The number of benzene rings is 2. The third-order valence-electron chi connectivity index (χ3n) is 3.56. The summed E-state index contributed by atoms with van der Waals surface area (Å²) in [5.41, 5.74) is 3.79. The maximum Gasteiger partial charge on any atom is 0.0548 e. The van der Waals surface area contributed by atoms with Crippen molar-refractivity contribution in [3.8, 4) is 0 Å². The molecule has 0 aliphatic rings. The average molecular weight is 364 g/mol. The van der Waals surface area contributed by atoms with Crippen molar-refractivity contribution >= 4 is 38.4 Å². The Kier molecular flexibility index (Phi) is 4.63. The molecule has 0 saturated heterocycles. The molecule has 0 amide bonds. The van der Waals surface area contributed by atoms with Crippen LogP contribution in [0.4, 0.5) is 0 Å². The van der Waals surface area contributed by atoms with Crippen molar-refractivity contribution in [1.82, 2.24) is 10.3 Å². The number of hydrogen-bond donors (Lipinski definition) is 2. The highest BCUT2D eigenvalue weighted by atomic mass is 79.9. The second kappa shape index (κ2) is 6.65. The molecule has 0 aliphatic carbocycles. The summed E-state index contributed by atoms with van der Waals surface area (Å²) in [6, 6.07) is 14.4. The zero-order chi connectivity index (χ0) is 14.7. The van der Waals surface area contributed by atoms with Crippen LogP contribution in [-0.2, 0) is 13.0 Å². The van der Waals surface area contributed by atoms with Crippen LogP contribution < -0.4 is 5.32 Å². The smallest absolute Gasteiger partial charge is 0.0548 e. The molecule has 3 aromatic rings. The molecule has 0 atom stereocenters. The summed E-state index contributed by atoms with van der Waals surface area (Å²) in [4.78, 5) is 3.31. The lowest BCUT2D eigenvalue weighted by molar-refractivity contribution is 0.688. The molecule has 4 heteroatoms. The van der Waals surface area contributed by atoms with Gasteiger partial charge in [-0.05, 0) is 58.2 Å². The van der Waals surface area contributed by atoms with Crippen molar-refractivity contribution < 1.29 is 0 Å². The van der Waals surface area contributed by atoms with E-state index < -0.39 is 0 Å². The second-order valence-electron chi connectivity index (χ2n) is 5.03. The Bertz CT molecular complexity index is 751. The third kappa shape index (κ3) is 3.49. The van der Waals surface area contributed by atoms with Gasteiger partial charge in [-0.15, -0.1) is 0 Å². The zero-order valence-corrected chi connectivity index (χ0v) is 13.8. The summed E-state index contributed by atoms with van der Waals surface area (Å²) < 4.78 is 0.945. The number of nitrogens with one attached hydrogen (secondary N) is 2. The highest BCUT2D eigenvalue weighted by molar-refractivity contribution is 9.10. The van der Waals surface area contributed by atoms with Crippen molar-refractivity contribution in [2.24, 2.45) is 0 Å². The number of halogens is 2. The van der Waals surface area contributed by atoms with E-state index in [0.29, 0.717) is 0 Å². The van der Waals surface area contributed by atoms with Gasteiger partial charge in [0.2, 0.25) is 0 Å². The van der Waals surface area contributed by atoms with E-state index in [1.807, 2.05) is 12.1 Å². The Morgan fingerprint density at radius 2 is 2.00 bits per heavy atom. The van der Waals surface area contributed by atoms with Crippen LogP contribution in [0.25, 0.3) is 10.9 Å². The van der Waals surface area contributed by atoms with Crippen molar-refractivity contribution in [1.29, 1.82) is 0 Å². The van der Waals surface area contributed by atoms with Crippen molar-refractivity contribution in [2.45, 2.75) is 13.0 Å². The molecule has 21 heavy (non-hydrogen) atoms. The SMILES string of the molecule is Clc1ccc(CNCCc2c[nH]c3ccccc23)cc1Br. The first-order chi connectivity index (χ1) is 10.2. The standard InChI is InChI=1S/C17H16BrClN2/c18-15-9-12(5-6-16(15)19)10-20-8-7-13-11-21-17-4-2-1-3-14(13)17/h1-6,9,11,20-21H,7-8,10H2. The normalized spacial score (nSPS) is 11.1. The van der Waals surface area contributed by atoms with Gasteiger partial charge < -0.3 is 10.3 Å². The lowest BCUT2D eigenvalue weighted by Gasteiger charge is -2.06. The Balaban J connectivity index is 1.55. The molecule has 108 valence electrons. The summed E-state index contributed by atoms with van der Waals surface area (Å²) in [5, 5.41) is 5.53. The highest BCUT2D eigenvalue weighted by Gasteiger charge is 2.03. The predicted octanol–water partition coefficient (Wildman–Crippen LogP) is 4.92. The fraction of sp³-hybridized carbons (Fsp3) is 0.176. The second-order valence-corrected chi connectivity index (χ2v) is 6.30. The molecule has 0 spiro atoms. The van der Waals surface area contributed by atoms with Gasteiger partial charge in [0.1, 0.15) is 0 Å². The molecule has 0 saturated carbocycles. The minimum absolute atomic E-state index is 0.748. The first-order valence-electron chi connectivity index (χ1n) is 6.93. The summed E-state index contributed by atoms with van der Waals surface area (Å²) in [7, 11) is 0. The molecule has 0 unspecified atom stereocenters. The van der Waals surface area contributed by atoms with Crippen LogP contribution in [0.15, 0.2) is 53.1 Å². The molecule has 0 aliphatic heterocycles. The topological polar surface area (TPSA) is 27.8 Å². The van der Waals surface area contributed by atoms with E-state index in [9.17, 15) is 0 Å². The van der Waals surface area contributed by atoms with E-state index in [1.54, 1.807) is 0 Å². The van der Waals surface area contributed by atoms with Crippen LogP contribution in [0.3, 0.4) is 0 Å². The summed E-state index contributed by atoms with van der Waals surface area (Å²) >= 11 is 9.44. The van der Waals surface area contributed by atoms with Crippen LogP contribution in [0.5, 0.6) is 0 Å². The van der Waals surface area contributed by atoms with Crippen LogP contribution in [0, 0.1) is 0 Å². The van der Waals surface area contributed by atoms with Gasteiger partial charge in [-0.2, -0.15) is 0 Å². The molecule has 2 N–H and O–H groups in total. The number of fused-ring (bicyclic) bond motifs is 1. The van der Waals surface area contributed by atoms with Gasteiger partial charge in [-0.3, -0.25) is 0 Å². The highest BCUT2D eigenvalue weighted by Crippen LogP contribution is 2.23. The first-order valence-corrected chi connectivity index (χ1v) is 8.11. The number of rotatable bonds is 5. The van der Waals surface area contributed by atoms with Gasteiger partial charge in [0.15, 0.2) is 0 Å². The average Bonchev–Trinajstić information content (AvgIpc) is 2.91. The van der Waals surface area contributed by atoms with E-state index in [2.05, 4.69) is 62.8 Å². The van der Waals surface area contributed by atoms with Crippen molar-refractivity contribution in [3.63, 3.8) is 0 Å². The number of H-pyrrole nitrogens is 1. The molecule has 2 nitrogen and oxygen atoms in total. The third-order valence-corrected chi connectivity index (χ3v) is 4.77. The van der Waals surface area contributed by atoms with Gasteiger partial charge in [0, 0.05) is 28.1 Å². The van der Waals surface area contributed by atoms with E-state index in [1.165, 1.54) is 22.0 Å². The van der Waals surface area contributed by atoms with E-state index in [0.717, 1.165) is 29.0 Å². The Morgan fingerprint density at radius 3 is 2.86 bits per heavy atom. The largest absolute Gasteiger partial charge is 0.361 e. The maximum absolute atomic E-state index is 5.99. The molecule has 1 aromatic heterocycles. The lowest BCUT2D eigenvalue weighted by Crippen LogP contribution is -2.16. The van der Waals surface area contributed by atoms with Crippen LogP contribution in [-0.4, -0.2) is 11.5 Å².